The van der Waals surface area contributed by atoms with Gasteiger partial charge in [-0.05, 0) is 30.4 Å². The Bertz CT molecular complexity index is 255. The molecule has 1 aromatic carbocycles. The molecule has 0 radical (unpaired) electrons. The van der Waals surface area contributed by atoms with Crippen LogP contribution in [0.1, 0.15) is 18.9 Å². The van der Waals surface area contributed by atoms with Gasteiger partial charge in [-0.2, -0.15) is 0 Å². The molecule has 2 atom stereocenters. The molecule has 0 bridgehead atoms. The van der Waals surface area contributed by atoms with E-state index in [9.17, 15) is 0 Å². The number of nitrogens with one attached hydrogen (secondary N) is 1. The van der Waals surface area contributed by atoms with Crippen molar-refractivity contribution in [2.75, 3.05) is 6.54 Å². The van der Waals surface area contributed by atoms with E-state index in [0.717, 1.165) is 18.4 Å². The second kappa shape index (κ2) is 3.93. The molecule has 0 saturated heterocycles. The Morgan fingerprint density at radius 3 is 2.62 bits per heavy atom. The van der Waals surface area contributed by atoms with Gasteiger partial charge >= 0.3 is 0 Å². The lowest BCUT2D eigenvalue weighted by molar-refractivity contribution is 0.612. The van der Waals surface area contributed by atoms with Crippen molar-refractivity contribution < 1.29 is 0 Å². The second-order valence-electron chi connectivity index (χ2n) is 4.09. The number of rotatable bonds is 4. The van der Waals surface area contributed by atoms with Gasteiger partial charge in [0.25, 0.3) is 0 Å². The smallest absolute Gasteiger partial charge is 0.0205 e. The lowest BCUT2D eigenvalue weighted by Crippen LogP contribution is -2.16. The molecular formula is C12H17N. The van der Waals surface area contributed by atoms with E-state index in [1.165, 1.54) is 18.5 Å². The predicted molar refractivity (Wildman–Crippen MR) is 55.4 cm³/mol. The van der Waals surface area contributed by atoms with E-state index in [-0.39, 0.29) is 0 Å². The average molecular weight is 175 g/mol. The van der Waals surface area contributed by atoms with Gasteiger partial charge in [0, 0.05) is 6.54 Å². The Hall–Kier alpha value is -0.820. The first-order valence-corrected chi connectivity index (χ1v) is 5.11. The summed E-state index contributed by atoms with van der Waals surface area (Å²) in [6.45, 7) is 4.54. The fraction of sp³-hybridized carbons (Fsp3) is 0.500. The van der Waals surface area contributed by atoms with E-state index in [4.69, 9.17) is 0 Å². The molecule has 1 fully saturated rings. The lowest BCUT2D eigenvalue weighted by atomic mass is 10.2. The minimum absolute atomic E-state index is 0.948. The Balaban J connectivity index is 1.68. The van der Waals surface area contributed by atoms with E-state index in [2.05, 4.69) is 42.6 Å². The highest BCUT2D eigenvalue weighted by atomic mass is 14.9. The van der Waals surface area contributed by atoms with Gasteiger partial charge in [0.2, 0.25) is 0 Å². The van der Waals surface area contributed by atoms with Crippen molar-refractivity contribution in [1.29, 1.82) is 0 Å². The zero-order chi connectivity index (χ0) is 9.10. The molecule has 1 aliphatic carbocycles. The van der Waals surface area contributed by atoms with Crippen molar-refractivity contribution in [1.82, 2.24) is 5.32 Å². The Kier molecular flexibility index (Phi) is 2.65. The Labute approximate surface area is 80.2 Å². The maximum absolute atomic E-state index is 3.49. The summed E-state index contributed by atoms with van der Waals surface area (Å²) >= 11 is 0. The summed E-state index contributed by atoms with van der Waals surface area (Å²) in [5.41, 5.74) is 1.39. The summed E-state index contributed by atoms with van der Waals surface area (Å²) in [4.78, 5) is 0. The highest BCUT2D eigenvalue weighted by Gasteiger charge is 2.31. The van der Waals surface area contributed by atoms with Crippen molar-refractivity contribution in [2.24, 2.45) is 11.8 Å². The molecule has 13 heavy (non-hydrogen) atoms. The van der Waals surface area contributed by atoms with Crippen molar-refractivity contribution in [2.45, 2.75) is 19.9 Å². The van der Waals surface area contributed by atoms with E-state index >= 15 is 0 Å². The minimum atomic E-state index is 0.948. The van der Waals surface area contributed by atoms with E-state index in [1.54, 1.807) is 0 Å². The fourth-order valence-electron chi connectivity index (χ4n) is 1.68. The zero-order valence-corrected chi connectivity index (χ0v) is 8.16. The molecule has 0 amide bonds. The predicted octanol–water partition coefficient (Wildman–Crippen LogP) is 2.43. The summed E-state index contributed by atoms with van der Waals surface area (Å²) in [5.74, 6) is 1.91. The maximum Gasteiger partial charge on any atom is 0.0205 e. The minimum Gasteiger partial charge on any atom is -0.312 e. The van der Waals surface area contributed by atoms with Gasteiger partial charge in [0.1, 0.15) is 0 Å². The van der Waals surface area contributed by atoms with E-state index < -0.39 is 0 Å². The molecule has 0 aromatic heterocycles. The first kappa shape index (κ1) is 8.76. The highest BCUT2D eigenvalue weighted by molar-refractivity contribution is 5.14. The molecule has 1 saturated carbocycles. The van der Waals surface area contributed by atoms with Gasteiger partial charge in [0.15, 0.2) is 0 Å². The summed E-state index contributed by atoms with van der Waals surface area (Å²) in [6.07, 6.45) is 1.42. The van der Waals surface area contributed by atoms with Crippen LogP contribution in [0.5, 0.6) is 0 Å². The number of hydrogen-bond donors (Lipinski definition) is 1. The molecule has 1 nitrogen and oxygen atoms in total. The molecule has 2 unspecified atom stereocenters. The third-order valence-electron chi connectivity index (χ3n) is 2.85. The van der Waals surface area contributed by atoms with Gasteiger partial charge in [-0.1, -0.05) is 37.3 Å². The van der Waals surface area contributed by atoms with Gasteiger partial charge in [-0.25, -0.2) is 0 Å². The average Bonchev–Trinajstić information content (AvgIpc) is 2.84. The number of hydrogen-bond acceptors (Lipinski definition) is 1. The van der Waals surface area contributed by atoms with Gasteiger partial charge in [-0.15, -0.1) is 0 Å². The van der Waals surface area contributed by atoms with E-state index in [0.29, 0.717) is 0 Å². The van der Waals surface area contributed by atoms with Gasteiger partial charge in [-0.3, -0.25) is 0 Å². The number of benzene rings is 1. The first-order chi connectivity index (χ1) is 6.36. The van der Waals surface area contributed by atoms with Crippen LogP contribution in [-0.2, 0) is 6.54 Å². The second-order valence-corrected chi connectivity index (χ2v) is 4.09. The molecule has 0 heterocycles. The third-order valence-corrected chi connectivity index (χ3v) is 2.85. The normalized spacial score (nSPS) is 25.9. The summed E-state index contributed by atoms with van der Waals surface area (Å²) < 4.78 is 0. The Morgan fingerprint density at radius 1 is 1.31 bits per heavy atom. The van der Waals surface area contributed by atoms with Crippen LogP contribution in [-0.4, -0.2) is 6.54 Å². The fourth-order valence-corrected chi connectivity index (χ4v) is 1.68. The molecule has 1 aliphatic rings. The quantitative estimate of drug-likeness (QED) is 0.741. The topological polar surface area (TPSA) is 12.0 Å². The third kappa shape index (κ3) is 2.56. The molecule has 1 aromatic rings. The highest BCUT2D eigenvalue weighted by Crippen LogP contribution is 2.36. The van der Waals surface area contributed by atoms with Crippen LogP contribution in [0, 0.1) is 11.8 Å². The molecule has 2 rings (SSSR count). The molecule has 1 N–H and O–H groups in total. The molecule has 70 valence electrons. The van der Waals surface area contributed by atoms with Crippen LogP contribution < -0.4 is 5.32 Å². The summed E-state index contributed by atoms with van der Waals surface area (Å²) in [5, 5.41) is 3.49. The van der Waals surface area contributed by atoms with Crippen LogP contribution >= 0.6 is 0 Å². The molecule has 0 spiro atoms. The van der Waals surface area contributed by atoms with Crippen LogP contribution in [0.4, 0.5) is 0 Å². The largest absolute Gasteiger partial charge is 0.312 e. The van der Waals surface area contributed by atoms with Crippen molar-refractivity contribution in [3.8, 4) is 0 Å². The first-order valence-electron chi connectivity index (χ1n) is 5.11. The Morgan fingerprint density at radius 2 is 2.00 bits per heavy atom. The van der Waals surface area contributed by atoms with Crippen molar-refractivity contribution in [3.63, 3.8) is 0 Å². The van der Waals surface area contributed by atoms with Crippen molar-refractivity contribution in [3.05, 3.63) is 35.9 Å². The van der Waals surface area contributed by atoms with Crippen molar-refractivity contribution >= 4 is 0 Å². The van der Waals surface area contributed by atoms with Crippen LogP contribution in [0.2, 0.25) is 0 Å². The van der Waals surface area contributed by atoms with Crippen LogP contribution in [0.25, 0.3) is 0 Å². The summed E-state index contributed by atoms with van der Waals surface area (Å²) in [6, 6.07) is 10.6. The summed E-state index contributed by atoms with van der Waals surface area (Å²) in [7, 11) is 0. The molecular weight excluding hydrogens is 158 g/mol. The molecule has 0 aliphatic heterocycles. The van der Waals surface area contributed by atoms with Crippen LogP contribution in [0.3, 0.4) is 0 Å². The zero-order valence-electron chi connectivity index (χ0n) is 8.16. The van der Waals surface area contributed by atoms with Gasteiger partial charge < -0.3 is 5.32 Å². The monoisotopic (exact) mass is 175 g/mol. The van der Waals surface area contributed by atoms with Gasteiger partial charge in [0.05, 0.1) is 0 Å². The SMILES string of the molecule is CC1CC1CNCc1ccccc1. The lowest BCUT2D eigenvalue weighted by Gasteiger charge is -2.03. The molecule has 1 heteroatoms. The maximum atomic E-state index is 3.49. The van der Waals surface area contributed by atoms with E-state index in [1.807, 2.05) is 0 Å². The van der Waals surface area contributed by atoms with Crippen LogP contribution in [0.15, 0.2) is 30.3 Å². The standard InChI is InChI=1S/C12H17N/c1-10-7-12(10)9-13-8-11-5-3-2-4-6-11/h2-6,10,12-13H,7-9H2,1H3.